The molecule has 1 fully saturated rings. The van der Waals surface area contributed by atoms with Gasteiger partial charge in [0.15, 0.2) is 5.82 Å². The van der Waals surface area contributed by atoms with Crippen molar-refractivity contribution < 1.29 is 4.74 Å². The minimum atomic E-state index is -0.0970. The average molecular weight is 390 g/mol. The van der Waals surface area contributed by atoms with Crippen LogP contribution in [0.15, 0.2) is 49.1 Å². The molecule has 1 atom stereocenters. The summed E-state index contributed by atoms with van der Waals surface area (Å²) in [6.07, 6.45) is 4.15. The quantitative estimate of drug-likeness (QED) is 0.514. The molecule has 0 radical (unpaired) electrons. The lowest BCUT2D eigenvalue weighted by molar-refractivity contribution is 0.0910. The molecule has 4 aromatic rings. The SMILES string of the molecule is CCc1cc(N2CCOCC2c2ncn(Cc3ccccc3)n2)n2ncnc2n1. The zero-order valence-corrected chi connectivity index (χ0v) is 16.2. The standard InChI is InChI=1S/C20H22N8O/c1-2-16-10-18(28-20(24-16)21-13-23-28)27-8-9-29-12-17(27)19-22-14-26(25-19)11-15-6-4-3-5-7-15/h3-7,10,13-14,17H,2,8-9,11-12H2,1H3. The Hall–Kier alpha value is -3.33. The van der Waals surface area contributed by atoms with Gasteiger partial charge in [-0.3, -0.25) is 0 Å². The van der Waals surface area contributed by atoms with Crippen LogP contribution in [0.5, 0.6) is 0 Å². The molecule has 0 saturated carbocycles. The summed E-state index contributed by atoms with van der Waals surface area (Å²) in [4.78, 5) is 15.7. The van der Waals surface area contributed by atoms with Crippen LogP contribution in [0.2, 0.25) is 0 Å². The fraction of sp³-hybridized carbons (Fsp3) is 0.350. The molecule has 0 spiro atoms. The summed E-state index contributed by atoms with van der Waals surface area (Å²) in [6, 6.07) is 12.2. The van der Waals surface area contributed by atoms with Crippen molar-refractivity contribution in [2.75, 3.05) is 24.7 Å². The molecule has 0 N–H and O–H groups in total. The van der Waals surface area contributed by atoms with Gasteiger partial charge in [0.2, 0.25) is 0 Å². The first-order valence-corrected chi connectivity index (χ1v) is 9.79. The molecule has 9 heteroatoms. The number of morpholine rings is 1. The Morgan fingerprint density at radius 1 is 1.17 bits per heavy atom. The van der Waals surface area contributed by atoms with E-state index in [2.05, 4.69) is 50.1 Å². The van der Waals surface area contributed by atoms with Crippen LogP contribution in [0.25, 0.3) is 5.78 Å². The molecule has 1 aromatic carbocycles. The third kappa shape index (κ3) is 3.44. The highest BCUT2D eigenvalue weighted by molar-refractivity contribution is 5.49. The van der Waals surface area contributed by atoms with Crippen molar-refractivity contribution in [1.29, 1.82) is 0 Å². The number of rotatable bonds is 5. The van der Waals surface area contributed by atoms with Crippen LogP contribution in [0.1, 0.15) is 30.0 Å². The Morgan fingerprint density at radius 2 is 2.07 bits per heavy atom. The van der Waals surface area contributed by atoms with Crippen LogP contribution in [-0.2, 0) is 17.7 Å². The molecule has 9 nitrogen and oxygen atoms in total. The molecule has 5 rings (SSSR count). The van der Waals surface area contributed by atoms with E-state index < -0.39 is 0 Å². The number of aryl methyl sites for hydroxylation is 1. The lowest BCUT2D eigenvalue weighted by atomic mass is 10.2. The van der Waals surface area contributed by atoms with E-state index in [1.165, 1.54) is 11.9 Å². The summed E-state index contributed by atoms with van der Waals surface area (Å²) in [5.41, 5.74) is 2.17. The Kier molecular flexibility index (Phi) is 4.65. The third-order valence-electron chi connectivity index (χ3n) is 5.11. The molecular weight excluding hydrogens is 368 g/mol. The van der Waals surface area contributed by atoms with Crippen LogP contribution in [0, 0.1) is 0 Å². The first-order valence-electron chi connectivity index (χ1n) is 9.79. The molecule has 0 amide bonds. The Labute approximate surface area is 168 Å². The van der Waals surface area contributed by atoms with Crippen LogP contribution < -0.4 is 4.90 Å². The highest BCUT2D eigenvalue weighted by atomic mass is 16.5. The van der Waals surface area contributed by atoms with Gasteiger partial charge >= 0.3 is 0 Å². The van der Waals surface area contributed by atoms with Gasteiger partial charge in [0.1, 0.15) is 24.5 Å². The molecule has 0 aliphatic carbocycles. The third-order valence-corrected chi connectivity index (χ3v) is 5.11. The summed E-state index contributed by atoms with van der Waals surface area (Å²) in [5.74, 6) is 2.29. The van der Waals surface area contributed by atoms with Crippen LogP contribution in [-0.4, -0.2) is 54.1 Å². The maximum absolute atomic E-state index is 5.77. The molecule has 4 heterocycles. The van der Waals surface area contributed by atoms with E-state index in [0.717, 1.165) is 30.3 Å². The highest BCUT2D eigenvalue weighted by Crippen LogP contribution is 2.28. The maximum Gasteiger partial charge on any atom is 0.254 e. The second-order valence-electron chi connectivity index (χ2n) is 7.00. The molecule has 1 unspecified atom stereocenters. The van der Waals surface area contributed by atoms with Crippen molar-refractivity contribution in [3.8, 4) is 0 Å². The summed E-state index contributed by atoms with van der Waals surface area (Å²) >= 11 is 0. The zero-order valence-electron chi connectivity index (χ0n) is 16.2. The number of ether oxygens (including phenoxy) is 1. The average Bonchev–Trinajstić information content (AvgIpc) is 3.43. The predicted octanol–water partition coefficient (Wildman–Crippen LogP) is 1.90. The topological polar surface area (TPSA) is 86.3 Å². The van der Waals surface area contributed by atoms with Crippen molar-refractivity contribution in [2.45, 2.75) is 25.9 Å². The number of benzene rings is 1. The van der Waals surface area contributed by atoms with Gasteiger partial charge in [-0.25, -0.2) is 14.6 Å². The fourth-order valence-corrected chi connectivity index (χ4v) is 3.63. The molecule has 3 aromatic heterocycles. The normalized spacial score (nSPS) is 17.1. The molecule has 148 valence electrons. The van der Waals surface area contributed by atoms with Gasteiger partial charge in [0.25, 0.3) is 5.78 Å². The van der Waals surface area contributed by atoms with Crippen molar-refractivity contribution >= 4 is 11.6 Å². The van der Waals surface area contributed by atoms with Crippen molar-refractivity contribution in [2.24, 2.45) is 0 Å². The number of fused-ring (bicyclic) bond motifs is 1. The van der Waals surface area contributed by atoms with Crippen LogP contribution in [0.3, 0.4) is 0 Å². The second kappa shape index (κ2) is 7.59. The van der Waals surface area contributed by atoms with E-state index in [0.29, 0.717) is 25.5 Å². The molecular formula is C20H22N8O. The van der Waals surface area contributed by atoms with Crippen LogP contribution in [0.4, 0.5) is 5.82 Å². The summed E-state index contributed by atoms with van der Waals surface area (Å²) in [7, 11) is 0. The van der Waals surface area contributed by atoms with Gasteiger partial charge in [0, 0.05) is 18.3 Å². The fourth-order valence-electron chi connectivity index (χ4n) is 3.63. The number of hydrogen-bond acceptors (Lipinski definition) is 7. The van der Waals surface area contributed by atoms with Crippen molar-refractivity contribution in [3.63, 3.8) is 0 Å². The van der Waals surface area contributed by atoms with Gasteiger partial charge in [-0.1, -0.05) is 37.3 Å². The molecule has 1 aliphatic rings. The minimum absolute atomic E-state index is 0.0970. The van der Waals surface area contributed by atoms with Gasteiger partial charge in [-0.15, -0.1) is 0 Å². The number of anilines is 1. The van der Waals surface area contributed by atoms with Gasteiger partial charge in [0.05, 0.1) is 19.8 Å². The molecule has 1 aliphatic heterocycles. The zero-order chi connectivity index (χ0) is 19.6. The van der Waals surface area contributed by atoms with E-state index in [-0.39, 0.29) is 6.04 Å². The van der Waals surface area contributed by atoms with Gasteiger partial charge < -0.3 is 9.64 Å². The second-order valence-corrected chi connectivity index (χ2v) is 7.00. The minimum Gasteiger partial charge on any atom is -0.377 e. The summed E-state index contributed by atoms with van der Waals surface area (Å²) in [6.45, 7) is 4.66. The number of nitrogens with zero attached hydrogens (tertiary/aromatic N) is 8. The van der Waals surface area contributed by atoms with Crippen molar-refractivity contribution in [1.82, 2.24) is 34.3 Å². The summed E-state index contributed by atoms with van der Waals surface area (Å²) < 4.78 is 9.42. The van der Waals surface area contributed by atoms with Gasteiger partial charge in [-0.2, -0.15) is 19.7 Å². The molecule has 29 heavy (non-hydrogen) atoms. The first-order chi connectivity index (χ1) is 14.3. The monoisotopic (exact) mass is 390 g/mol. The summed E-state index contributed by atoms with van der Waals surface area (Å²) in [5, 5.41) is 9.11. The van der Waals surface area contributed by atoms with E-state index in [4.69, 9.17) is 9.84 Å². The predicted molar refractivity (Wildman–Crippen MR) is 107 cm³/mol. The lowest BCUT2D eigenvalue weighted by Gasteiger charge is -2.35. The number of hydrogen-bond donors (Lipinski definition) is 0. The van der Waals surface area contributed by atoms with E-state index in [1.54, 1.807) is 10.8 Å². The van der Waals surface area contributed by atoms with Crippen LogP contribution >= 0.6 is 0 Å². The maximum atomic E-state index is 5.77. The largest absolute Gasteiger partial charge is 0.377 e. The van der Waals surface area contributed by atoms with E-state index in [9.17, 15) is 0 Å². The van der Waals surface area contributed by atoms with E-state index >= 15 is 0 Å². The van der Waals surface area contributed by atoms with E-state index in [1.807, 2.05) is 22.9 Å². The molecule has 0 bridgehead atoms. The Morgan fingerprint density at radius 3 is 2.93 bits per heavy atom. The first kappa shape index (κ1) is 17.7. The Balaban J connectivity index is 1.48. The Bertz CT molecular complexity index is 1110. The molecule has 1 saturated heterocycles. The number of aromatic nitrogens is 7. The lowest BCUT2D eigenvalue weighted by Crippen LogP contribution is -2.41. The smallest absolute Gasteiger partial charge is 0.254 e. The van der Waals surface area contributed by atoms with Gasteiger partial charge in [-0.05, 0) is 12.0 Å². The highest BCUT2D eigenvalue weighted by Gasteiger charge is 2.30. The van der Waals surface area contributed by atoms with Crippen molar-refractivity contribution in [3.05, 3.63) is 66.1 Å².